The van der Waals surface area contributed by atoms with Crippen LogP contribution in [-0.4, -0.2) is 29.8 Å². The van der Waals surface area contributed by atoms with Gasteiger partial charge in [0, 0.05) is 40.2 Å². The first-order chi connectivity index (χ1) is 16.6. The van der Waals surface area contributed by atoms with Crippen LogP contribution in [0.5, 0.6) is 5.75 Å². The van der Waals surface area contributed by atoms with Gasteiger partial charge in [-0.2, -0.15) is 0 Å². The van der Waals surface area contributed by atoms with Gasteiger partial charge in [-0.05, 0) is 60.1 Å². The monoisotopic (exact) mass is 473 g/mol. The molecule has 0 saturated heterocycles. The van der Waals surface area contributed by atoms with E-state index in [1.807, 2.05) is 49.4 Å². The summed E-state index contributed by atoms with van der Waals surface area (Å²) in [5.74, 6) is 0.341. The number of hydrogen-bond acceptors (Lipinski definition) is 6. The number of carbonyl (C=O) groups excluding carboxylic acids is 2. The number of rotatable bonds is 3. The summed E-state index contributed by atoms with van der Waals surface area (Å²) in [4.78, 5) is 26.4. The van der Waals surface area contributed by atoms with E-state index in [2.05, 4.69) is 41.2 Å². The molecular weight excluding hydrogens is 446 g/mol. The van der Waals surface area contributed by atoms with Crippen LogP contribution in [0, 0.1) is 0 Å². The van der Waals surface area contributed by atoms with Crippen molar-refractivity contribution < 1.29 is 14.7 Å². The van der Waals surface area contributed by atoms with E-state index in [9.17, 15) is 9.90 Å². The van der Waals surface area contributed by atoms with E-state index >= 15 is 0 Å². The summed E-state index contributed by atoms with van der Waals surface area (Å²) >= 11 is 1.64. The number of amides is 1. The van der Waals surface area contributed by atoms with Crippen LogP contribution >= 0.6 is 11.3 Å². The van der Waals surface area contributed by atoms with Gasteiger partial charge in [0.2, 0.25) is 0 Å². The maximum atomic E-state index is 12.7. The molecule has 6 nitrogen and oxygen atoms in total. The van der Waals surface area contributed by atoms with Gasteiger partial charge in [0.15, 0.2) is 0 Å². The van der Waals surface area contributed by atoms with Crippen LogP contribution in [0.2, 0.25) is 0 Å². The average molecular weight is 474 g/mol. The number of phenolic OH excluding ortho intramolecular Hbond substituents is 1. The minimum absolute atomic E-state index is 0.0549. The summed E-state index contributed by atoms with van der Waals surface area (Å²) in [6, 6.07) is 21.2. The average Bonchev–Trinajstić information content (AvgIpc) is 3.31. The Morgan fingerprint density at radius 2 is 1.74 bits per heavy atom. The Labute approximate surface area is 203 Å². The number of thiazole rings is 1. The summed E-state index contributed by atoms with van der Waals surface area (Å²) < 4.78 is 0. The minimum atomic E-state index is -0.0549. The molecule has 1 aliphatic rings. The third kappa shape index (κ3) is 5.22. The smallest absolute Gasteiger partial charge is 0.255 e. The molecule has 0 bridgehead atoms. The van der Waals surface area contributed by atoms with Crippen LogP contribution in [-0.2, 0) is 11.2 Å². The van der Waals surface area contributed by atoms with Crippen molar-refractivity contribution in [3.05, 3.63) is 100 Å². The van der Waals surface area contributed by atoms with Gasteiger partial charge in [0.05, 0.1) is 0 Å². The molecule has 1 atom stereocenters. The lowest BCUT2D eigenvalue weighted by atomic mass is 9.89. The van der Waals surface area contributed by atoms with Gasteiger partial charge in [-0.3, -0.25) is 4.79 Å². The highest BCUT2D eigenvalue weighted by atomic mass is 32.1. The van der Waals surface area contributed by atoms with Crippen molar-refractivity contribution in [2.45, 2.75) is 19.3 Å². The molecule has 4 aromatic rings. The first kappa shape index (κ1) is 24.8. The van der Waals surface area contributed by atoms with Gasteiger partial charge in [0.25, 0.3) is 5.91 Å². The quantitative estimate of drug-likeness (QED) is 0.379. The number of fused-ring (bicyclic) bond motifs is 2. The molecule has 0 aliphatic carbocycles. The molecule has 0 radical (unpaired) electrons. The van der Waals surface area contributed by atoms with E-state index in [0.29, 0.717) is 0 Å². The van der Waals surface area contributed by atoms with Crippen LogP contribution in [0.4, 0.5) is 5.69 Å². The van der Waals surface area contributed by atoms with Crippen molar-refractivity contribution in [1.82, 2.24) is 4.98 Å². The van der Waals surface area contributed by atoms with E-state index in [0.717, 1.165) is 49.8 Å². The van der Waals surface area contributed by atoms with Crippen molar-refractivity contribution >= 4 is 29.7 Å². The lowest BCUT2D eigenvalue weighted by Crippen LogP contribution is -2.11. The molecule has 7 heteroatoms. The van der Waals surface area contributed by atoms with E-state index < -0.39 is 0 Å². The number of hydrogen-bond donors (Lipinski definition) is 3. The predicted octanol–water partition coefficient (Wildman–Crippen LogP) is 5.21. The molecule has 3 aromatic carbocycles. The van der Waals surface area contributed by atoms with Gasteiger partial charge in [-0.15, -0.1) is 11.3 Å². The van der Waals surface area contributed by atoms with Crippen molar-refractivity contribution in [3.8, 4) is 16.3 Å². The Bertz CT molecular complexity index is 1270. The summed E-state index contributed by atoms with van der Waals surface area (Å²) in [7, 11) is 1.50. The topological polar surface area (TPSA) is 105 Å². The zero-order valence-electron chi connectivity index (χ0n) is 19.1. The van der Waals surface area contributed by atoms with Crippen molar-refractivity contribution in [2.24, 2.45) is 5.73 Å². The molecule has 4 N–H and O–H groups in total. The molecule has 1 unspecified atom stereocenters. The zero-order valence-corrected chi connectivity index (χ0v) is 19.9. The normalized spacial score (nSPS) is 13.6. The number of nitrogens with two attached hydrogens (primary N) is 1. The summed E-state index contributed by atoms with van der Waals surface area (Å²) in [5, 5.41) is 13.5. The summed E-state index contributed by atoms with van der Waals surface area (Å²) in [6.07, 6.45) is 2.65. The van der Waals surface area contributed by atoms with E-state index in [1.165, 1.54) is 7.05 Å². The number of benzene rings is 3. The highest BCUT2D eigenvalue weighted by Crippen LogP contribution is 2.36. The first-order valence-electron chi connectivity index (χ1n) is 10.7. The van der Waals surface area contributed by atoms with E-state index in [-0.39, 0.29) is 17.6 Å². The second-order valence-corrected chi connectivity index (χ2v) is 8.66. The fraction of sp³-hybridized carbons (Fsp3) is 0.148. The van der Waals surface area contributed by atoms with Crippen LogP contribution in [0.3, 0.4) is 0 Å². The van der Waals surface area contributed by atoms with Crippen molar-refractivity contribution in [3.63, 3.8) is 0 Å². The molecule has 1 aliphatic heterocycles. The number of carbonyl (C=O) groups is 2. The maximum absolute atomic E-state index is 12.7. The third-order valence-electron chi connectivity index (χ3n) is 5.55. The Morgan fingerprint density at radius 1 is 1.03 bits per heavy atom. The maximum Gasteiger partial charge on any atom is 0.255 e. The number of nitrogens with zero attached hydrogens (tertiary/aromatic N) is 1. The van der Waals surface area contributed by atoms with Crippen molar-refractivity contribution in [2.75, 3.05) is 12.4 Å². The molecule has 5 rings (SSSR count). The summed E-state index contributed by atoms with van der Waals surface area (Å²) in [5.41, 5.74) is 10.4. The second kappa shape index (κ2) is 11.4. The lowest BCUT2D eigenvalue weighted by molar-refractivity contribution is -0.0980. The Hall–Kier alpha value is -3.81. The summed E-state index contributed by atoms with van der Waals surface area (Å²) in [6.45, 7) is 4.14. The Kier molecular flexibility index (Phi) is 8.29. The van der Waals surface area contributed by atoms with Crippen LogP contribution < -0.4 is 11.1 Å². The predicted molar refractivity (Wildman–Crippen MR) is 138 cm³/mol. The number of aromatic hydroxyl groups is 1. The first-order valence-corrected chi connectivity index (χ1v) is 11.5. The Balaban J connectivity index is 0.000000771. The molecule has 174 valence electrons. The third-order valence-corrected chi connectivity index (χ3v) is 6.60. The van der Waals surface area contributed by atoms with Gasteiger partial charge < -0.3 is 21.0 Å². The Morgan fingerprint density at radius 3 is 2.47 bits per heavy atom. The fourth-order valence-corrected chi connectivity index (χ4v) is 4.92. The SMILES string of the molecule is C=O.CC1c2ccc(Cc3cnc(-c4ccc(O)cc4)s3)cc2NC(=O)c2ccccc21.CN. The lowest BCUT2D eigenvalue weighted by Gasteiger charge is -2.15. The zero-order chi connectivity index (χ0) is 24.7. The van der Waals surface area contributed by atoms with Gasteiger partial charge in [-0.25, -0.2) is 4.98 Å². The molecular formula is C27H27N3O3S. The van der Waals surface area contributed by atoms with Crippen molar-refractivity contribution in [1.29, 1.82) is 0 Å². The minimum Gasteiger partial charge on any atom is -0.508 e. The van der Waals surface area contributed by atoms with E-state index in [1.54, 1.807) is 23.5 Å². The number of nitrogens with one attached hydrogen (secondary N) is 1. The van der Waals surface area contributed by atoms with Crippen LogP contribution in [0.15, 0.2) is 72.9 Å². The molecule has 2 heterocycles. The largest absolute Gasteiger partial charge is 0.508 e. The highest BCUT2D eigenvalue weighted by Gasteiger charge is 2.24. The molecule has 1 amide bonds. The van der Waals surface area contributed by atoms with Gasteiger partial charge in [-0.1, -0.05) is 37.3 Å². The molecule has 34 heavy (non-hydrogen) atoms. The van der Waals surface area contributed by atoms with Gasteiger partial charge in [0.1, 0.15) is 17.5 Å². The number of aromatic nitrogens is 1. The molecule has 0 saturated carbocycles. The fourth-order valence-electron chi connectivity index (χ4n) is 3.97. The number of anilines is 1. The van der Waals surface area contributed by atoms with E-state index in [4.69, 9.17) is 4.79 Å². The molecule has 0 spiro atoms. The number of phenols is 1. The molecule has 0 fully saturated rings. The van der Waals surface area contributed by atoms with Gasteiger partial charge >= 0.3 is 0 Å². The van der Waals surface area contributed by atoms with Crippen LogP contribution in [0.1, 0.15) is 44.8 Å². The standard InChI is InChI=1S/C25H20N2O2S.CH5N.CH2O/c1-15-20-4-2-3-5-22(20)24(29)27-23-13-16(6-11-21(15)23)12-19-14-26-25(30-19)17-7-9-18(28)10-8-17;2*1-2/h2-11,13-15,28H,12H2,1H3,(H,27,29);2H2,1H3;1H2. The molecule has 1 aromatic heterocycles. The second-order valence-electron chi connectivity index (χ2n) is 7.54. The van der Waals surface area contributed by atoms with Crippen LogP contribution in [0.25, 0.3) is 10.6 Å². The highest BCUT2D eigenvalue weighted by molar-refractivity contribution is 7.15.